The average molecular weight is 184 g/mol. The van der Waals surface area contributed by atoms with Gasteiger partial charge < -0.3 is 5.73 Å². The van der Waals surface area contributed by atoms with Crippen LogP contribution in [0.1, 0.15) is 0 Å². The number of amides is 1. The van der Waals surface area contributed by atoms with Crippen molar-refractivity contribution in [1.82, 2.24) is 0 Å². The van der Waals surface area contributed by atoms with Crippen molar-refractivity contribution in [2.24, 2.45) is 10.1 Å². The summed E-state index contributed by atoms with van der Waals surface area (Å²) in [5, 5.41) is 0. The van der Waals surface area contributed by atoms with Crippen LogP contribution in [0.2, 0.25) is 0 Å². The third-order valence-electron chi connectivity index (χ3n) is 1.55. The maximum atomic E-state index is 11.0. The first-order valence-electron chi connectivity index (χ1n) is 3.49. The zero-order valence-electron chi connectivity index (χ0n) is 7.15. The number of primary amides is 1. The molecule has 4 heteroatoms. The van der Waals surface area contributed by atoms with Crippen molar-refractivity contribution >= 4 is 22.3 Å². The second-order valence-electron chi connectivity index (χ2n) is 2.81. The van der Waals surface area contributed by atoms with Crippen LogP contribution in [0.4, 0.5) is 0 Å². The van der Waals surface area contributed by atoms with Crippen LogP contribution in [0.3, 0.4) is 0 Å². The number of nitrogens with two attached hydrogens (primary N) is 1. The van der Waals surface area contributed by atoms with E-state index >= 15 is 0 Å². The van der Waals surface area contributed by atoms with Gasteiger partial charge in [0.25, 0.3) is 5.91 Å². The molecule has 0 bridgehead atoms. The molecule has 1 rings (SSSR count). The molecule has 0 spiro atoms. The Morgan fingerprint density at radius 2 is 2.17 bits per heavy atom. The first-order valence-corrected chi connectivity index (χ1v) is 5.90. The van der Waals surface area contributed by atoms with Gasteiger partial charge in [0.05, 0.1) is 4.91 Å². The fourth-order valence-corrected chi connectivity index (χ4v) is 2.32. The number of allylic oxidation sites excluding steroid dienone is 3. The van der Waals surface area contributed by atoms with E-state index in [0.717, 1.165) is 0 Å². The van der Waals surface area contributed by atoms with Crippen molar-refractivity contribution in [3.05, 3.63) is 23.1 Å². The van der Waals surface area contributed by atoms with Crippen LogP contribution in [-0.4, -0.2) is 24.6 Å². The molecule has 66 valence electrons. The van der Waals surface area contributed by atoms with E-state index < -0.39 is 10.2 Å². The van der Waals surface area contributed by atoms with Gasteiger partial charge in [0, 0.05) is 6.21 Å². The van der Waals surface area contributed by atoms with E-state index in [-0.39, 0.29) is 5.91 Å². The Morgan fingerprint density at radius 1 is 1.50 bits per heavy atom. The van der Waals surface area contributed by atoms with E-state index in [0.29, 0.717) is 4.91 Å². The summed E-state index contributed by atoms with van der Waals surface area (Å²) in [6.45, 7) is 0. The predicted molar refractivity (Wildman–Crippen MR) is 54.3 cm³/mol. The Morgan fingerprint density at radius 3 is 2.75 bits per heavy atom. The van der Waals surface area contributed by atoms with E-state index in [1.807, 2.05) is 12.5 Å². The Kier molecular flexibility index (Phi) is 2.38. The summed E-state index contributed by atoms with van der Waals surface area (Å²) < 4.78 is 4.26. The van der Waals surface area contributed by atoms with Gasteiger partial charge in [-0.15, -0.1) is 10.2 Å². The number of hydrogen-bond donors (Lipinski definition) is 1. The lowest BCUT2D eigenvalue weighted by molar-refractivity contribution is -0.113. The summed E-state index contributed by atoms with van der Waals surface area (Å²) in [6, 6.07) is 0. The quantitative estimate of drug-likeness (QED) is 0.648. The fourth-order valence-electron chi connectivity index (χ4n) is 0.932. The smallest absolute Gasteiger partial charge is 0.255 e. The first kappa shape index (κ1) is 9.06. The monoisotopic (exact) mass is 184 g/mol. The zero-order chi connectivity index (χ0) is 9.19. The van der Waals surface area contributed by atoms with Crippen molar-refractivity contribution in [2.75, 3.05) is 12.5 Å². The van der Waals surface area contributed by atoms with Gasteiger partial charge in [0.15, 0.2) is 0 Å². The normalized spacial score (nSPS) is 22.7. The van der Waals surface area contributed by atoms with Crippen LogP contribution in [0, 0.1) is 0 Å². The standard InChI is InChI=1S/C8H12N2OS/c1-12(2)7(8(9)11)5-3-4-6-10-12/h3-6H,1-2H3,(H2,9,11). The molecule has 0 aromatic carbocycles. The topological polar surface area (TPSA) is 55.4 Å². The van der Waals surface area contributed by atoms with Crippen LogP contribution in [0.25, 0.3) is 0 Å². The summed E-state index contributed by atoms with van der Waals surface area (Å²) >= 11 is 0. The van der Waals surface area contributed by atoms with Crippen molar-refractivity contribution in [1.29, 1.82) is 0 Å². The molecule has 0 atom stereocenters. The van der Waals surface area contributed by atoms with E-state index in [9.17, 15) is 4.79 Å². The van der Waals surface area contributed by atoms with Gasteiger partial charge in [-0.25, -0.2) is 4.40 Å². The minimum atomic E-state index is -1.37. The molecule has 2 N–H and O–H groups in total. The highest BCUT2D eigenvalue weighted by Crippen LogP contribution is 2.50. The molecule has 1 aliphatic rings. The van der Waals surface area contributed by atoms with Gasteiger partial charge in [0.1, 0.15) is 0 Å². The Hall–Kier alpha value is -1.03. The van der Waals surface area contributed by atoms with Crippen molar-refractivity contribution < 1.29 is 4.79 Å². The SMILES string of the molecule is CS1(C)N=CC=CC=C1C(N)=O. The average Bonchev–Trinajstić information content (AvgIpc) is 2.09. The molecule has 0 aromatic heterocycles. The first-order chi connectivity index (χ1) is 5.54. The molecule has 0 unspecified atom stereocenters. The molecule has 1 heterocycles. The Balaban J connectivity index is 3.10. The molecular formula is C8H12N2OS. The molecule has 0 radical (unpaired) electrons. The van der Waals surface area contributed by atoms with Gasteiger partial charge in [-0.1, -0.05) is 6.08 Å². The number of carbonyl (C=O) groups is 1. The van der Waals surface area contributed by atoms with E-state index in [1.165, 1.54) is 0 Å². The maximum absolute atomic E-state index is 11.0. The van der Waals surface area contributed by atoms with Crippen molar-refractivity contribution in [3.8, 4) is 0 Å². The summed E-state index contributed by atoms with van der Waals surface area (Å²) in [4.78, 5) is 11.6. The molecule has 0 saturated carbocycles. The number of hydrogen-bond acceptors (Lipinski definition) is 2. The van der Waals surface area contributed by atoms with E-state index in [2.05, 4.69) is 4.40 Å². The summed E-state index contributed by atoms with van der Waals surface area (Å²) in [5.41, 5.74) is 5.22. The maximum Gasteiger partial charge on any atom is 0.255 e. The van der Waals surface area contributed by atoms with Crippen LogP contribution in [-0.2, 0) is 4.79 Å². The lowest BCUT2D eigenvalue weighted by atomic mass is 10.4. The predicted octanol–water partition coefficient (Wildman–Crippen LogP) is 0.975. The third kappa shape index (κ3) is 1.76. The fraction of sp³-hybridized carbons (Fsp3) is 0.250. The van der Waals surface area contributed by atoms with Crippen LogP contribution < -0.4 is 5.73 Å². The molecular weight excluding hydrogens is 172 g/mol. The van der Waals surface area contributed by atoms with E-state index in [4.69, 9.17) is 5.73 Å². The lowest BCUT2D eigenvalue weighted by Gasteiger charge is -2.25. The second-order valence-corrected chi connectivity index (χ2v) is 6.00. The van der Waals surface area contributed by atoms with E-state index in [1.54, 1.807) is 24.4 Å². The summed E-state index contributed by atoms with van der Waals surface area (Å²) in [5.74, 6) is -0.376. The molecule has 1 aliphatic heterocycles. The molecule has 0 aliphatic carbocycles. The summed E-state index contributed by atoms with van der Waals surface area (Å²) in [7, 11) is -1.37. The van der Waals surface area contributed by atoms with Crippen LogP contribution in [0.5, 0.6) is 0 Å². The van der Waals surface area contributed by atoms with Crippen LogP contribution in [0.15, 0.2) is 27.5 Å². The molecule has 0 aromatic rings. The van der Waals surface area contributed by atoms with Crippen LogP contribution >= 0.6 is 10.2 Å². The van der Waals surface area contributed by atoms with Crippen molar-refractivity contribution in [3.63, 3.8) is 0 Å². The second kappa shape index (κ2) is 3.15. The Labute approximate surface area is 73.5 Å². The largest absolute Gasteiger partial charge is 0.365 e. The van der Waals surface area contributed by atoms with Crippen molar-refractivity contribution in [2.45, 2.75) is 0 Å². The Bertz CT molecular complexity index is 289. The lowest BCUT2D eigenvalue weighted by Crippen LogP contribution is -2.17. The third-order valence-corrected chi connectivity index (χ3v) is 3.61. The number of rotatable bonds is 1. The molecule has 3 nitrogen and oxygen atoms in total. The van der Waals surface area contributed by atoms with Gasteiger partial charge >= 0.3 is 0 Å². The summed E-state index contributed by atoms with van der Waals surface area (Å²) in [6.07, 6.45) is 10.9. The molecule has 12 heavy (non-hydrogen) atoms. The van der Waals surface area contributed by atoms with Gasteiger partial charge in [-0.2, -0.15) is 0 Å². The number of nitrogens with zero attached hydrogens (tertiary/aromatic N) is 1. The minimum absolute atomic E-state index is 0.376. The highest BCUT2D eigenvalue weighted by molar-refractivity contribution is 8.35. The molecule has 1 amide bonds. The highest BCUT2D eigenvalue weighted by atomic mass is 32.3. The minimum Gasteiger partial charge on any atom is -0.365 e. The highest BCUT2D eigenvalue weighted by Gasteiger charge is 2.20. The van der Waals surface area contributed by atoms with Gasteiger partial charge in [-0.05, 0) is 24.7 Å². The van der Waals surface area contributed by atoms with Gasteiger partial charge in [-0.3, -0.25) is 4.79 Å². The number of carbonyl (C=O) groups excluding carboxylic acids is 1. The van der Waals surface area contributed by atoms with Gasteiger partial charge in [0.2, 0.25) is 0 Å². The molecule has 0 saturated heterocycles. The molecule has 0 fully saturated rings. The zero-order valence-corrected chi connectivity index (χ0v) is 7.97.